The molecule has 4 nitrogen and oxygen atoms in total. The summed E-state index contributed by atoms with van der Waals surface area (Å²) in [7, 11) is 0. The van der Waals surface area contributed by atoms with Crippen molar-refractivity contribution in [1.82, 2.24) is 4.98 Å². The Bertz CT molecular complexity index is 1200. The Hall–Kier alpha value is -3.12. The number of pyridine rings is 1. The first-order valence-corrected chi connectivity index (χ1v) is 10.5. The van der Waals surface area contributed by atoms with E-state index in [9.17, 15) is 13.6 Å². The fraction of sp³-hybridized carbons (Fsp3) is 0.280. The monoisotopic (exact) mass is 418 g/mol. The Balaban J connectivity index is 1.30. The normalized spacial score (nSPS) is 30.1. The number of rotatable bonds is 4. The molecule has 3 aliphatic rings. The zero-order valence-corrected chi connectivity index (χ0v) is 16.6. The average molecular weight is 418 g/mol. The second-order valence-corrected chi connectivity index (χ2v) is 8.67. The molecule has 6 rings (SSSR count). The number of amides is 1. The van der Waals surface area contributed by atoms with Gasteiger partial charge in [0.15, 0.2) is 0 Å². The zero-order valence-electron chi connectivity index (χ0n) is 16.6. The predicted octanol–water partition coefficient (Wildman–Crippen LogP) is 4.85. The third-order valence-corrected chi connectivity index (χ3v) is 7.34. The minimum Gasteiger partial charge on any atom is -0.373 e. The van der Waals surface area contributed by atoms with Crippen LogP contribution in [0, 0.1) is 17.0 Å². The molecule has 31 heavy (non-hydrogen) atoms. The van der Waals surface area contributed by atoms with Gasteiger partial charge < -0.3 is 10.1 Å². The number of hydrogen-bond donors (Lipinski definition) is 1. The molecule has 0 spiro atoms. The van der Waals surface area contributed by atoms with E-state index in [1.807, 2.05) is 12.1 Å². The van der Waals surface area contributed by atoms with Crippen molar-refractivity contribution >= 4 is 11.6 Å². The first kappa shape index (κ1) is 18.6. The van der Waals surface area contributed by atoms with Crippen molar-refractivity contribution in [3.8, 4) is 11.1 Å². The van der Waals surface area contributed by atoms with Crippen LogP contribution in [0.2, 0.25) is 0 Å². The molecule has 6 heteroatoms. The first-order chi connectivity index (χ1) is 15.1. The van der Waals surface area contributed by atoms with E-state index in [1.54, 1.807) is 30.6 Å². The molecule has 3 fully saturated rings. The van der Waals surface area contributed by atoms with Gasteiger partial charge in [-0.05, 0) is 61.2 Å². The Morgan fingerprint density at radius 3 is 2.48 bits per heavy atom. The Morgan fingerprint density at radius 1 is 0.968 bits per heavy atom. The molecule has 2 aromatic carbocycles. The van der Waals surface area contributed by atoms with Gasteiger partial charge in [-0.15, -0.1) is 0 Å². The van der Waals surface area contributed by atoms with Crippen LogP contribution in [-0.4, -0.2) is 23.1 Å². The van der Waals surface area contributed by atoms with Crippen LogP contribution in [0.3, 0.4) is 0 Å². The number of nitrogens with zero attached hydrogens (tertiary/aromatic N) is 1. The smallest absolute Gasteiger partial charge is 0.234 e. The fourth-order valence-corrected chi connectivity index (χ4v) is 5.92. The van der Waals surface area contributed by atoms with Crippen molar-refractivity contribution in [3.63, 3.8) is 0 Å². The molecule has 4 unspecified atom stereocenters. The summed E-state index contributed by atoms with van der Waals surface area (Å²) in [4.78, 5) is 17.6. The number of ether oxygens (including phenoxy) is 1. The number of anilines is 1. The lowest BCUT2D eigenvalue weighted by Crippen LogP contribution is -2.39. The van der Waals surface area contributed by atoms with Crippen molar-refractivity contribution in [1.29, 1.82) is 0 Å². The number of aromatic nitrogens is 1. The van der Waals surface area contributed by atoms with Crippen LogP contribution in [0.5, 0.6) is 0 Å². The summed E-state index contributed by atoms with van der Waals surface area (Å²) in [6.07, 6.45) is 5.89. The van der Waals surface area contributed by atoms with Crippen LogP contribution < -0.4 is 5.32 Å². The van der Waals surface area contributed by atoms with Crippen LogP contribution >= 0.6 is 0 Å². The summed E-state index contributed by atoms with van der Waals surface area (Å²) in [5.41, 5.74) is 0.806. The number of hydrogen-bond acceptors (Lipinski definition) is 3. The summed E-state index contributed by atoms with van der Waals surface area (Å²) >= 11 is 0. The predicted molar refractivity (Wildman–Crippen MR) is 111 cm³/mol. The second-order valence-electron chi connectivity index (χ2n) is 8.67. The maximum Gasteiger partial charge on any atom is 0.234 e. The molecule has 1 saturated carbocycles. The lowest BCUT2D eigenvalue weighted by molar-refractivity contribution is -0.124. The van der Waals surface area contributed by atoms with E-state index in [-0.39, 0.29) is 34.7 Å². The largest absolute Gasteiger partial charge is 0.373 e. The molecule has 2 saturated heterocycles. The van der Waals surface area contributed by atoms with Gasteiger partial charge in [0.1, 0.15) is 11.6 Å². The van der Waals surface area contributed by atoms with E-state index in [0.717, 1.165) is 24.8 Å². The molecule has 2 aliphatic heterocycles. The summed E-state index contributed by atoms with van der Waals surface area (Å²) in [5.74, 6) is -1.22. The molecular weight excluding hydrogens is 398 g/mol. The topological polar surface area (TPSA) is 51.2 Å². The third-order valence-electron chi connectivity index (χ3n) is 7.34. The second kappa shape index (κ2) is 6.44. The Labute approximate surface area is 178 Å². The van der Waals surface area contributed by atoms with Gasteiger partial charge in [-0.25, -0.2) is 8.78 Å². The standard InChI is InChI=1S/C25H20F2N2O2/c26-19-4-2-1-3-17(19)18-6-5-16(13-20(18)27)29-23(30)25-14-24(25,15-9-11-28-12-10-15)21-7-8-22(25)31-21/h1-6,9-13,21-22H,7-8,14H2,(H,29,30). The molecular formula is C25H20F2N2O2. The maximum atomic E-state index is 14.8. The first-order valence-electron chi connectivity index (χ1n) is 10.5. The number of carbonyl (C=O) groups is 1. The van der Waals surface area contributed by atoms with Crippen LogP contribution in [0.1, 0.15) is 24.8 Å². The molecule has 4 atom stereocenters. The molecule has 3 heterocycles. The number of carbonyl (C=O) groups excluding carboxylic acids is 1. The van der Waals surface area contributed by atoms with Crippen molar-refractivity contribution in [2.24, 2.45) is 5.41 Å². The highest BCUT2D eigenvalue weighted by Crippen LogP contribution is 2.77. The van der Waals surface area contributed by atoms with Gasteiger partial charge in [-0.2, -0.15) is 0 Å². The highest BCUT2D eigenvalue weighted by atomic mass is 19.1. The molecule has 156 valence electrons. The van der Waals surface area contributed by atoms with Crippen LogP contribution in [0.4, 0.5) is 14.5 Å². The minimum absolute atomic E-state index is 0.0193. The van der Waals surface area contributed by atoms with E-state index in [4.69, 9.17) is 4.74 Å². The molecule has 2 bridgehead atoms. The van der Waals surface area contributed by atoms with E-state index in [1.165, 1.54) is 24.3 Å². The van der Waals surface area contributed by atoms with E-state index in [0.29, 0.717) is 5.69 Å². The van der Waals surface area contributed by atoms with Gasteiger partial charge in [-0.1, -0.05) is 18.2 Å². The zero-order chi connectivity index (χ0) is 21.2. The fourth-order valence-electron chi connectivity index (χ4n) is 5.92. The van der Waals surface area contributed by atoms with E-state index in [2.05, 4.69) is 10.3 Å². The third kappa shape index (κ3) is 2.42. The average Bonchev–Trinajstić information content (AvgIpc) is 3.19. The van der Waals surface area contributed by atoms with E-state index < -0.39 is 17.0 Å². The van der Waals surface area contributed by atoms with Gasteiger partial charge in [-0.3, -0.25) is 9.78 Å². The maximum absolute atomic E-state index is 14.8. The van der Waals surface area contributed by atoms with Gasteiger partial charge in [0.05, 0.1) is 17.6 Å². The number of halogens is 2. The number of benzene rings is 2. The molecule has 1 amide bonds. The van der Waals surface area contributed by atoms with Crippen molar-refractivity contribution < 1.29 is 18.3 Å². The van der Waals surface area contributed by atoms with Crippen molar-refractivity contribution in [3.05, 3.63) is 84.2 Å². The molecule has 0 radical (unpaired) electrons. The van der Waals surface area contributed by atoms with E-state index >= 15 is 0 Å². The van der Waals surface area contributed by atoms with Crippen LogP contribution in [0.15, 0.2) is 67.0 Å². The Morgan fingerprint density at radius 2 is 1.71 bits per heavy atom. The van der Waals surface area contributed by atoms with Gasteiger partial charge in [0.25, 0.3) is 0 Å². The summed E-state index contributed by atoms with van der Waals surface area (Å²) in [5, 5.41) is 2.91. The lowest BCUT2D eigenvalue weighted by atomic mass is 9.75. The number of fused-ring (bicyclic) bond motifs is 5. The molecule has 1 aliphatic carbocycles. The molecule has 1 N–H and O–H groups in total. The minimum atomic E-state index is -0.641. The SMILES string of the molecule is O=C(Nc1ccc(-c2ccccc2F)c(F)c1)C12CC1(c1ccncc1)C1CCC2O1. The van der Waals surface area contributed by atoms with Gasteiger partial charge in [0, 0.05) is 34.6 Å². The lowest BCUT2D eigenvalue weighted by Gasteiger charge is -2.26. The number of nitrogens with one attached hydrogen (secondary N) is 1. The summed E-state index contributed by atoms with van der Waals surface area (Å²) < 4.78 is 35.0. The molecule has 1 aromatic heterocycles. The van der Waals surface area contributed by atoms with Crippen molar-refractivity contribution in [2.45, 2.75) is 36.9 Å². The summed E-state index contributed by atoms with van der Waals surface area (Å²) in [6.45, 7) is 0. The molecule has 3 aromatic rings. The van der Waals surface area contributed by atoms with Gasteiger partial charge in [0.2, 0.25) is 5.91 Å². The highest BCUT2D eigenvalue weighted by molar-refractivity contribution is 6.01. The highest BCUT2D eigenvalue weighted by Gasteiger charge is 2.85. The summed E-state index contributed by atoms with van der Waals surface area (Å²) in [6, 6.07) is 14.3. The van der Waals surface area contributed by atoms with Gasteiger partial charge >= 0.3 is 0 Å². The Kier molecular flexibility index (Phi) is 3.87. The van der Waals surface area contributed by atoms with Crippen LogP contribution in [0.25, 0.3) is 11.1 Å². The van der Waals surface area contributed by atoms with Crippen molar-refractivity contribution in [2.75, 3.05) is 5.32 Å². The van der Waals surface area contributed by atoms with Crippen LogP contribution in [-0.2, 0) is 14.9 Å². The quantitative estimate of drug-likeness (QED) is 0.659.